The van der Waals surface area contributed by atoms with Gasteiger partial charge in [0.05, 0.1) is 39.0 Å². The van der Waals surface area contributed by atoms with E-state index in [1.165, 1.54) is 0 Å². The first-order valence-electron chi connectivity index (χ1n) is 15.4. The van der Waals surface area contributed by atoms with Gasteiger partial charge in [0.2, 0.25) is 0 Å². The Morgan fingerprint density at radius 1 is 0.581 bits per heavy atom. The summed E-state index contributed by atoms with van der Waals surface area (Å²) in [7, 11) is -0.838. The maximum atomic E-state index is 6.37. The normalized spacial score (nSPS) is 20.1. The van der Waals surface area contributed by atoms with Crippen LogP contribution in [-0.2, 0) is 18.6 Å². The summed E-state index contributed by atoms with van der Waals surface area (Å²) in [6.07, 6.45) is 0. The molecular formula is C35H42B2N2O4. The minimum Gasteiger partial charge on any atom is -0.399 e. The molecular weight excluding hydrogens is 534 g/mol. The third-order valence-corrected chi connectivity index (χ3v) is 9.67. The average Bonchev–Trinajstić information content (AvgIpc) is 3.54. The van der Waals surface area contributed by atoms with Crippen molar-refractivity contribution in [2.24, 2.45) is 0 Å². The van der Waals surface area contributed by atoms with Crippen LogP contribution in [0.5, 0.6) is 0 Å². The fraction of sp³-hybridized carbons (Fsp3) is 0.400. The quantitative estimate of drug-likeness (QED) is 0.218. The van der Waals surface area contributed by atoms with Crippen molar-refractivity contribution >= 4 is 52.5 Å². The molecule has 0 atom stereocenters. The maximum Gasteiger partial charge on any atom is 0.494 e. The molecule has 5 aromatic rings. The van der Waals surface area contributed by atoms with Crippen LogP contribution in [0.25, 0.3) is 38.7 Å². The monoisotopic (exact) mass is 576 g/mol. The van der Waals surface area contributed by atoms with Gasteiger partial charge in [-0.2, -0.15) is 0 Å². The minimum atomic E-state index is -0.434. The molecule has 2 saturated heterocycles. The Kier molecular flexibility index (Phi) is 7.09. The van der Waals surface area contributed by atoms with Crippen molar-refractivity contribution in [1.29, 1.82) is 0 Å². The topological polar surface area (TPSA) is 54.2 Å². The molecule has 0 N–H and O–H groups in total. The van der Waals surface area contributed by atoms with Gasteiger partial charge < -0.3 is 18.6 Å². The highest BCUT2D eigenvalue weighted by atomic mass is 16.7. The van der Waals surface area contributed by atoms with Gasteiger partial charge in [0, 0.05) is 16.3 Å². The molecule has 2 fully saturated rings. The van der Waals surface area contributed by atoms with Crippen LogP contribution in [0.4, 0.5) is 0 Å². The van der Waals surface area contributed by atoms with E-state index in [1.54, 1.807) is 0 Å². The van der Waals surface area contributed by atoms with E-state index in [1.807, 2.05) is 13.8 Å². The Balaban J connectivity index is 0.00000161. The van der Waals surface area contributed by atoms with E-state index in [4.69, 9.17) is 23.6 Å². The first-order chi connectivity index (χ1) is 20.3. The molecule has 8 heteroatoms. The van der Waals surface area contributed by atoms with Crippen molar-refractivity contribution in [2.45, 2.75) is 91.6 Å². The molecule has 2 aliphatic rings. The van der Waals surface area contributed by atoms with Crippen LogP contribution in [0.2, 0.25) is 0 Å². The Bertz CT molecular complexity index is 1790. The lowest BCUT2D eigenvalue weighted by molar-refractivity contribution is 0.00578. The third kappa shape index (κ3) is 4.80. The van der Waals surface area contributed by atoms with Gasteiger partial charge in [0.15, 0.2) is 0 Å². The molecule has 0 aliphatic carbocycles. The van der Waals surface area contributed by atoms with E-state index in [0.717, 1.165) is 49.6 Å². The highest BCUT2D eigenvalue weighted by Crippen LogP contribution is 2.38. The van der Waals surface area contributed by atoms with E-state index >= 15 is 0 Å². The van der Waals surface area contributed by atoms with E-state index in [2.05, 4.69) is 133 Å². The van der Waals surface area contributed by atoms with Crippen LogP contribution in [0.1, 0.15) is 69.2 Å². The number of fused-ring (bicyclic) bond motifs is 5. The van der Waals surface area contributed by atoms with Crippen molar-refractivity contribution in [3.8, 4) is 11.4 Å². The van der Waals surface area contributed by atoms with Gasteiger partial charge in [0.25, 0.3) is 0 Å². The van der Waals surface area contributed by atoms with Crippen LogP contribution >= 0.6 is 0 Å². The van der Waals surface area contributed by atoms with E-state index in [0.29, 0.717) is 0 Å². The second kappa shape index (κ2) is 10.2. The molecule has 0 saturated carbocycles. The molecule has 2 aliphatic heterocycles. The number of nitrogens with zero attached hydrogens (tertiary/aromatic N) is 2. The summed E-state index contributed by atoms with van der Waals surface area (Å²) in [5, 5.41) is 2.23. The predicted octanol–water partition coefficient (Wildman–Crippen LogP) is 6.93. The van der Waals surface area contributed by atoms with Crippen LogP contribution in [0.3, 0.4) is 0 Å². The van der Waals surface area contributed by atoms with Crippen molar-refractivity contribution in [3.05, 3.63) is 72.8 Å². The van der Waals surface area contributed by atoms with E-state index < -0.39 is 25.4 Å². The molecule has 0 radical (unpaired) electrons. The van der Waals surface area contributed by atoms with Crippen molar-refractivity contribution in [3.63, 3.8) is 0 Å². The molecule has 3 aromatic carbocycles. The average molecular weight is 576 g/mol. The number of hydrogen-bond donors (Lipinski definition) is 0. The van der Waals surface area contributed by atoms with Gasteiger partial charge in [-0.25, -0.2) is 4.98 Å². The summed E-state index contributed by atoms with van der Waals surface area (Å²) in [4.78, 5) is 5.21. The number of hydrogen-bond acceptors (Lipinski definition) is 5. The molecule has 4 heterocycles. The summed E-state index contributed by atoms with van der Waals surface area (Å²) >= 11 is 0. The van der Waals surface area contributed by atoms with Crippen LogP contribution in [-0.4, -0.2) is 46.0 Å². The first-order valence-corrected chi connectivity index (χ1v) is 15.4. The molecule has 6 nitrogen and oxygen atoms in total. The number of para-hydroxylation sites is 1. The second-order valence-corrected chi connectivity index (χ2v) is 13.4. The highest BCUT2D eigenvalue weighted by molar-refractivity contribution is 6.62. The summed E-state index contributed by atoms with van der Waals surface area (Å²) < 4.78 is 27.6. The Hall–Kier alpha value is -3.16. The number of benzene rings is 3. The van der Waals surface area contributed by atoms with E-state index in [-0.39, 0.29) is 11.2 Å². The lowest BCUT2D eigenvalue weighted by Gasteiger charge is -2.32. The molecule has 0 bridgehead atoms. The summed E-state index contributed by atoms with van der Waals surface area (Å²) in [5.41, 5.74) is 4.57. The Labute approximate surface area is 256 Å². The second-order valence-electron chi connectivity index (χ2n) is 13.4. The Morgan fingerprint density at radius 3 is 1.67 bits per heavy atom. The van der Waals surface area contributed by atoms with E-state index in [9.17, 15) is 0 Å². The molecule has 2 aromatic heterocycles. The first kappa shape index (κ1) is 29.9. The van der Waals surface area contributed by atoms with Gasteiger partial charge in [-0.15, -0.1) is 0 Å². The Morgan fingerprint density at radius 2 is 1.09 bits per heavy atom. The van der Waals surface area contributed by atoms with Crippen molar-refractivity contribution in [1.82, 2.24) is 9.38 Å². The molecule has 0 amide bonds. The SMILES string of the molecule is CC.CC1(C)OB(c2ccc(-c3nc4ccc(B5OC(C)(C)C(C)(C)O5)cc4c4cc5ccccc5n34)cc2)OC1(C)C. The molecule has 7 rings (SSSR count). The van der Waals surface area contributed by atoms with Crippen molar-refractivity contribution in [2.75, 3.05) is 0 Å². The fourth-order valence-electron chi connectivity index (χ4n) is 5.69. The molecule has 222 valence electrons. The minimum absolute atomic E-state index is 0.384. The summed E-state index contributed by atoms with van der Waals surface area (Å²) in [6, 6.07) is 25.4. The number of rotatable bonds is 3. The smallest absolute Gasteiger partial charge is 0.399 e. The zero-order chi connectivity index (χ0) is 30.9. The zero-order valence-corrected chi connectivity index (χ0v) is 27.1. The lowest BCUT2D eigenvalue weighted by atomic mass is 9.78. The van der Waals surface area contributed by atoms with Crippen molar-refractivity contribution < 1.29 is 18.6 Å². The standard InChI is InChI=1S/C33H36B2N2O4.C2H6/c1-30(2)31(3,4)39-34(38-30)23-15-13-21(14-16-23)29-36-26-18-17-24(35-40-32(5,6)33(7,8)41-35)20-25(26)28-19-22-11-9-10-12-27(22)37(28)29;1-2/h9-20H,1-8H3;1-2H3. The van der Waals surface area contributed by atoms with Crippen LogP contribution < -0.4 is 10.9 Å². The summed E-state index contributed by atoms with van der Waals surface area (Å²) in [6.45, 7) is 20.6. The highest BCUT2D eigenvalue weighted by Gasteiger charge is 2.52. The largest absolute Gasteiger partial charge is 0.494 e. The summed E-state index contributed by atoms with van der Waals surface area (Å²) in [5.74, 6) is 0.887. The lowest BCUT2D eigenvalue weighted by Crippen LogP contribution is -2.41. The fourth-order valence-corrected chi connectivity index (χ4v) is 5.69. The van der Waals surface area contributed by atoms with Gasteiger partial charge in [-0.05, 0) is 84.5 Å². The molecule has 0 unspecified atom stereocenters. The number of aromatic nitrogens is 2. The van der Waals surface area contributed by atoms with Crippen LogP contribution in [0.15, 0.2) is 72.8 Å². The van der Waals surface area contributed by atoms with Gasteiger partial charge in [-0.3, -0.25) is 4.40 Å². The van der Waals surface area contributed by atoms with Gasteiger partial charge in [0.1, 0.15) is 5.82 Å². The molecule has 0 spiro atoms. The maximum absolute atomic E-state index is 6.37. The third-order valence-electron chi connectivity index (χ3n) is 9.67. The molecule has 43 heavy (non-hydrogen) atoms. The van der Waals surface area contributed by atoms with Gasteiger partial charge >= 0.3 is 14.2 Å². The predicted molar refractivity (Wildman–Crippen MR) is 178 cm³/mol. The van der Waals surface area contributed by atoms with Gasteiger partial charge in [-0.1, -0.05) is 68.4 Å². The van der Waals surface area contributed by atoms with Crippen LogP contribution in [0, 0.1) is 0 Å². The zero-order valence-electron chi connectivity index (χ0n) is 27.1.